The number of para-hydroxylation sites is 1. The zero-order chi connectivity index (χ0) is 22.9. The molecule has 5 nitrogen and oxygen atoms in total. The van der Waals surface area contributed by atoms with E-state index in [0.717, 1.165) is 28.9 Å². The lowest BCUT2D eigenvalue weighted by Gasteiger charge is -2.27. The van der Waals surface area contributed by atoms with E-state index in [2.05, 4.69) is 18.6 Å². The maximum absolute atomic E-state index is 13.1. The zero-order valence-corrected chi connectivity index (χ0v) is 19.3. The number of rotatable bonds is 6. The molecule has 3 aromatic carbocycles. The fraction of sp³-hybridized carbons (Fsp3) is 0.208. The number of hydrogen-bond acceptors (Lipinski definition) is 4. The van der Waals surface area contributed by atoms with E-state index in [1.807, 2.05) is 41.3 Å². The molecule has 0 aromatic heterocycles. The van der Waals surface area contributed by atoms with Gasteiger partial charge in [-0.1, -0.05) is 44.2 Å². The molecule has 0 bridgehead atoms. The Labute approximate surface area is 191 Å². The summed E-state index contributed by atoms with van der Waals surface area (Å²) in [6.45, 7) is 4.20. The van der Waals surface area contributed by atoms with Gasteiger partial charge in [-0.15, -0.1) is 11.8 Å². The highest BCUT2D eigenvalue weighted by molar-refractivity contribution is 8.00. The van der Waals surface area contributed by atoms with Gasteiger partial charge in [-0.25, -0.2) is 12.8 Å². The average molecular weight is 471 g/mol. The number of benzene rings is 3. The first-order chi connectivity index (χ1) is 15.3. The Bertz CT molecular complexity index is 1230. The number of nitrogens with one attached hydrogen (secondary N) is 1. The number of halogens is 1. The Morgan fingerprint density at radius 2 is 1.66 bits per heavy atom. The third kappa shape index (κ3) is 4.52. The van der Waals surface area contributed by atoms with Gasteiger partial charge in [-0.2, -0.15) is 0 Å². The maximum Gasteiger partial charge on any atom is 0.261 e. The van der Waals surface area contributed by atoms with Crippen LogP contribution in [0.1, 0.15) is 36.3 Å². The molecular formula is C24H23FN2O3S2. The lowest BCUT2D eigenvalue weighted by Crippen LogP contribution is -2.29. The molecule has 4 rings (SSSR count). The lowest BCUT2D eigenvalue weighted by atomic mass is 10.00. The highest BCUT2D eigenvalue weighted by Crippen LogP contribution is 2.44. The number of amides is 1. The lowest BCUT2D eigenvalue weighted by molar-refractivity contribution is -0.115. The van der Waals surface area contributed by atoms with E-state index >= 15 is 0 Å². The number of carbonyl (C=O) groups excluding carboxylic acids is 1. The van der Waals surface area contributed by atoms with Gasteiger partial charge in [0, 0.05) is 11.4 Å². The quantitative estimate of drug-likeness (QED) is 0.515. The SMILES string of the molecule is CC(C)c1ccccc1N1C(=O)CS[C@@H]1c1ccc(NS(=O)(=O)c2ccc(F)cc2)cc1. The van der Waals surface area contributed by atoms with Gasteiger partial charge in [0.25, 0.3) is 10.0 Å². The van der Waals surface area contributed by atoms with Gasteiger partial charge in [0.1, 0.15) is 11.2 Å². The summed E-state index contributed by atoms with van der Waals surface area (Å²) in [6, 6.07) is 19.6. The van der Waals surface area contributed by atoms with Gasteiger partial charge in [0.15, 0.2) is 0 Å². The minimum absolute atomic E-state index is 0.0172. The minimum Gasteiger partial charge on any atom is -0.295 e. The van der Waals surface area contributed by atoms with Crippen molar-refractivity contribution in [2.75, 3.05) is 15.4 Å². The highest BCUT2D eigenvalue weighted by Gasteiger charge is 2.35. The monoisotopic (exact) mass is 470 g/mol. The van der Waals surface area contributed by atoms with Gasteiger partial charge in [-0.05, 0) is 59.5 Å². The Morgan fingerprint density at radius 3 is 2.31 bits per heavy atom. The topological polar surface area (TPSA) is 66.5 Å². The molecule has 0 aliphatic carbocycles. The van der Waals surface area contributed by atoms with Crippen molar-refractivity contribution in [2.24, 2.45) is 0 Å². The smallest absolute Gasteiger partial charge is 0.261 e. The van der Waals surface area contributed by atoms with E-state index in [4.69, 9.17) is 0 Å². The first kappa shape index (κ1) is 22.4. The summed E-state index contributed by atoms with van der Waals surface area (Å²) < 4.78 is 40.7. The Kier molecular flexibility index (Phi) is 6.26. The van der Waals surface area contributed by atoms with Crippen molar-refractivity contribution >= 4 is 39.1 Å². The van der Waals surface area contributed by atoms with Crippen molar-refractivity contribution in [1.29, 1.82) is 0 Å². The Hall–Kier alpha value is -2.84. The van der Waals surface area contributed by atoms with E-state index in [1.54, 1.807) is 23.9 Å². The molecule has 1 fully saturated rings. The number of carbonyl (C=O) groups is 1. The molecule has 166 valence electrons. The molecule has 0 spiro atoms. The molecule has 0 saturated carbocycles. The molecule has 1 heterocycles. The fourth-order valence-electron chi connectivity index (χ4n) is 3.67. The molecule has 8 heteroatoms. The summed E-state index contributed by atoms with van der Waals surface area (Å²) in [5.41, 5.74) is 3.31. The number of hydrogen-bond donors (Lipinski definition) is 1. The van der Waals surface area contributed by atoms with E-state index in [-0.39, 0.29) is 22.1 Å². The molecule has 32 heavy (non-hydrogen) atoms. The molecule has 0 unspecified atom stereocenters. The van der Waals surface area contributed by atoms with E-state index in [1.165, 1.54) is 12.1 Å². The molecule has 1 saturated heterocycles. The van der Waals surface area contributed by atoms with E-state index in [0.29, 0.717) is 11.4 Å². The molecule has 3 aromatic rings. The van der Waals surface area contributed by atoms with Crippen LogP contribution in [0.15, 0.2) is 77.7 Å². The van der Waals surface area contributed by atoms with Gasteiger partial charge >= 0.3 is 0 Å². The largest absolute Gasteiger partial charge is 0.295 e. The normalized spacial score (nSPS) is 16.6. The Morgan fingerprint density at radius 1 is 1.00 bits per heavy atom. The van der Waals surface area contributed by atoms with Crippen LogP contribution in [0.4, 0.5) is 15.8 Å². The van der Waals surface area contributed by atoms with Crippen molar-refractivity contribution in [3.05, 3.63) is 89.7 Å². The zero-order valence-electron chi connectivity index (χ0n) is 17.7. The molecule has 1 N–H and O–H groups in total. The second-order valence-electron chi connectivity index (χ2n) is 7.82. The third-order valence-electron chi connectivity index (χ3n) is 5.26. The molecular weight excluding hydrogens is 447 g/mol. The molecule has 1 atom stereocenters. The van der Waals surface area contributed by atoms with Crippen LogP contribution in [0.25, 0.3) is 0 Å². The van der Waals surface area contributed by atoms with Crippen molar-refractivity contribution < 1.29 is 17.6 Å². The van der Waals surface area contributed by atoms with Crippen LogP contribution in [-0.2, 0) is 14.8 Å². The summed E-state index contributed by atoms with van der Waals surface area (Å²) in [6.07, 6.45) is 0. The van der Waals surface area contributed by atoms with Crippen molar-refractivity contribution in [1.82, 2.24) is 0 Å². The van der Waals surface area contributed by atoms with Crippen LogP contribution in [0, 0.1) is 5.82 Å². The third-order valence-corrected chi connectivity index (χ3v) is 7.87. The molecule has 1 amide bonds. The van der Waals surface area contributed by atoms with Crippen LogP contribution >= 0.6 is 11.8 Å². The summed E-state index contributed by atoms with van der Waals surface area (Å²) in [4.78, 5) is 14.6. The number of thioether (sulfide) groups is 1. The van der Waals surface area contributed by atoms with Gasteiger partial charge in [0.2, 0.25) is 5.91 Å². The number of sulfonamides is 1. The first-order valence-corrected chi connectivity index (χ1v) is 12.7. The molecule has 1 aliphatic rings. The van der Waals surface area contributed by atoms with E-state index < -0.39 is 15.8 Å². The summed E-state index contributed by atoms with van der Waals surface area (Å²) in [5, 5.41) is -0.190. The standard InChI is InChI=1S/C24H23FN2O3S2/c1-16(2)21-5-3-4-6-22(21)27-23(28)15-31-24(27)17-7-11-19(12-8-17)26-32(29,30)20-13-9-18(25)10-14-20/h3-14,16,24,26H,15H2,1-2H3/t24-/m1/s1. The summed E-state index contributed by atoms with van der Waals surface area (Å²) in [5.74, 6) is 0.207. The van der Waals surface area contributed by atoms with Gasteiger partial charge in [0.05, 0.1) is 10.6 Å². The maximum atomic E-state index is 13.1. The van der Waals surface area contributed by atoms with Crippen LogP contribution in [0.5, 0.6) is 0 Å². The molecule has 1 aliphatic heterocycles. The van der Waals surface area contributed by atoms with Crippen LogP contribution in [0.2, 0.25) is 0 Å². The average Bonchev–Trinajstić information content (AvgIpc) is 3.15. The van der Waals surface area contributed by atoms with Crippen LogP contribution in [0.3, 0.4) is 0 Å². The number of nitrogens with zero attached hydrogens (tertiary/aromatic N) is 1. The summed E-state index contributed by atoms with van der Waals surface area (Å²) in [7, 11) is -3.83. The van der Waals surface area contributed by atoms with Crippen LogP contribution in [-0.4, -0.2) is 20.1 Å². The van der Waals surface area contributed by atoms with Crippen molar-refractivity contribution in [3.8, 4) is 0 Å². The summed E-state index contributed by atoms with van der Waals surface area (Å²) >= 11 is 1.55. The predicted molar refractivity (Wildman–Crippen MR) is 127 cm³/mol. The van der Waals surface area contributed by atoms with Crippen molar-refractivity contribution in [2.45, 2.75) is 30.0 Å². The minimum atomic E-state index is -3.83. The predicted octanol–water partition coefficient (Wildman–Crippen LogP) is 5.53. The van der Waals surface area contributed by atoms with Gasteiger partial charge < -0.3 is 0 Å². The van der Waals surface area contributed by atoms with Crippen molar-refractivity contribution in [3.63, 3.8) is 0 Å². The van der Waals surface area contributed by atoms with E-state index in [9.17, 15) is 17.6 Å². The fourth-order valence-corrected chi connectivity index (χ4v) is 5.90. The second kappa shape index (κ2) is 8.96. The Balaban J connectivity index is 1.58. The molecule has 0 radical (unpaired) electrons. The number of anilines is 2. The van der Waals surface area contributed by atoms with Crippen LogP contribution < -0.4 is 9.62 Å². The highest BCUT2D eigenvalue weighted by atomic mass is 32.2. The van der Waals surface area contributed by atoms with Gasteiger partial charge in [-0.3, -0.25) is 14.4 Å². The first-order valence-electron chi connectivity index (χ1n) is 10.2. The second-order valence-corrected chi connectivity index (χ2v) is 10.6.